The van der Waals surface area contributed by atoms with E-state index < -0.39 is 31.6 Å². The molecule has 0 saturated carbocycles. The predicted molar refractivity (Wildman–Crippen MR) is 180 cm³/mol. The largest absolute Gasteiger partial charge is 0.497 e. The molecule has 0 radical (unpaired) electrons. The molecule has 2 saturated heterocycles. The number of anilines is 2. The second-order valence-electron chi connectivity index (χ2n) is 13.3. The standard InChI is InChI=1S/C36H42FN3O6Si/c1-23-33(47(3,4)37)31(20-32(42)39-18-8-11-27(39)22-41)46-36(23)29-19-28(45-2)16-17-30(29)40(35(36)44)21-24-12-14-26(15-13-24)38-34(43)25-9-6-5-7-10-25/h5-7,9-10,12-17,19,23,27,31,33,41H,8,11,18,20-22H2,1-4H3,(H,38,43)/t23-,27+,31+,33-,36+/m1/s1. The summed E-state index contributed by atoms with van der Waals surface area (Å²) in [5.74, 6) is -0.723. The minimum atomic E-state index is -3.47. The first kappa shape index (κ1) is 32.9. The summed E-state index contributed by atoms with van der Waals surface area (Å²) >= 11 is 0. The van der Waals surface area contributed by atoms with Crippen LogP contribution in [-0.4, -0.2) is 68.5 Å². The number of nitrogens with zero attached hydrogens (tertiary/aromatic N) is 2. The first-order chi connectivity index (χ1) is 22.5. The maximum absolute atomic E-state index is 16.2. The van der Waals surface area contributed by atoms with Crippen LogP contribution in [0.15, 0.2) is 72.8 Å². The fourth-order valence-corrected chi connectivity index (χ4v) is 10.3. The molecular formula is C36H42FN3O6Si. The van der Waals surface area contributed by atoms with Crippen LogP contribution in [-0.2, 0) is 26.5 Å². The molecular weight excluding hydrogens is 617 g/mol. The third-order valence-corrected chi connectivity index (χ3v) is 12.5. The van der Waals surface area contributed by atoms with E-state index in [0.717, 1.165) is 18.4 Å². The van der Waals surface area contributed by atoms with Gasteiger partial charge in [-0.1, -0.05) is 37.3 Å². The predicted octanol–water partition coefficient (Wildman–Crippen LogP) is 5.64. The number of hydrogen-bond donors (Lipinski definition) is 2. The molecule has 0 bridgehead atoms. The first-order valence-corrected chi connectivity index (χ1v) is 19.2. The van der Waals surface area contributed by atoms with Crippen LogP contribution in [0.25, 0.3) is 0 Å². The highest BCUT2D eigenvalue weighted by Crippen LogP contribution is 2.60. The van der Waals surface area contributed by atoms with Gasteiger partial charge in [-0.3, -0.25) is 14.4 Å². The number of halogens is 1. The second-order valence-corrected chi connectivity index (χ2v) is 17.1. The Hall–Kier alpha value is -4.06. The van der Waals surface area contributed by atoms with Crippen molar-refractivity contribution >= 4 is 37.5 Å². The lowest BCUT2D eigenvalue weighted by molar-refractivity contribution is -0.150. The van der Waals surface area contributed by atoms with Gasteiger partial charge in [0.05, 0.1) is 44.5 Å². The van der Waals surface area contributed by atoms with Crippen molar-refractivity contribution in [2.75, 3.05) is 30.5 Å². The molecule has 9 nitrogen and oxygen atoms in total. The van der Waals surface area contributed by atoms with E-state index >= 15 is 4.11 Å². The topological polar surface area (TPSA) is 108 Å². The van der Waals surface area contributed by atoms with Crippen molar-refractivity contribution in [3.8, 4) is 5.75 Å². The summed E-state index contributed by atoms with van der Waals surface area (Å²) < 4.78 is 28.6. The van der Waals surface area contributed by atoms with E-state index in [1.54, 1.807) is 78.5 Å². The van der Waals surface area contributed by atoms with E-state index in [9.17, 15) is 19.5 Å². The lowest BCUT2D eigenvalue weighted by Gasteiger charge is -2.31. The smallest absolute Gasteiger partial charge is 0.264 e. The van der Waals surface area contributed by atoms with Crippen molar-refractivity contribution in [2.45, 2.75) is 69.1 Å². The van der Waals surface area contributed by atoms with E-state index in [0.29, 0.717) is 34.8 Å². The van der Waals surface area contributed by atoms with Crippen LogP contribution < -0.4 is 15.0 Å². The summed E-state index contributed by atoms with van der Waals surface area (Å²) in [5.41, 5.74) is 1.12. The van der Waals surface area contributed by atoms with E-state index in [4.69, 9.17) is 9.47 Å². The average Bonchev–Trinajstić information content (AvgIpc) is 3.72. The summed E-state index contributed by atoms with van der Waals surface area (Å²) in [4.78, 5) is 44.2. The summed E-state index contributed by atoms with van der Waals surface area (Å²) in [6, 6.07) is 21.4. The van der Waals surface area contributed by atoms with E-state index in [2.05, 4.69) is 5.32 Å². The van der Waals surface area contributed by atoms with E-state index in [1.807, 2.05) is 31.2 Å². The van der Waals surface area contributed by atoms with Gasteiger partial charge >= 0.3 is 0 Å². The van der Waals surface area contributed by atoms with Gasteiger partial charge in [-0.2, -0.15) is 0 Å². The number of likely N-dealkylation sites (tertiary alicyclic amines) is 1. The number of aliphatic hydroxyl groups excluding tert-OH is 1. The number of hydrogen-bond acceptors (Lipinski definition) is 6. The van der Waals surface area contributed by atoms with Crippen LogP contribution in [0.1, 0.15) is 47.7 Å². The van der Waals surface area contributed by atoms with E-state index in [-0.39, 0.29) is 43.3 Å². The summed E-state index contributed by atoms with van der Waals surface area (Å²) in [6.07, 6.45) is 0.661. The minimum absolute atomic E-state index is 0.0592. The van der Waals surface area contributed by atoms with Crippen LogP contribution in [0.5, 0.6) is 5.75 Å². The summed E-state index contributed by atoms with van der Waals surface area (Å²) in [7, 11) is -1.92. The molecule has 11 heteroatoms. The fraction of sp³-hybridized carbons (Fsp3) is 0.417. The Morgan fingerprint density at radius 2 is 1.83 bits per heavy atom. The molecule has 3 aromatic rings. The van der Waals surface area contributed by atoms with Gasteiger partial charge in [-0.05, 0) is 74.0 Å². The molecule has 2 fully saturated rings. The lowest BCUT2D eigenvalue weighted by Crippen LogP contribution is -2.45. The zero-order valence-corrected chi connectivity index (χ0v) is 28.2. The normalized spacial score (nSPS) is 25.4. The van der Waals surface area contributed by atoms with E-state index in [1.165, 1.54) is 0 Å². The number of carbonyl (C=O) groups is 3. The second kappa shape index (κ2) is 12.9. The lowest BCUT2D eigenvalue weighted by atomic mass is 9.82. The molecule has 0 aromatic heterocycles. The van der Waals surface area contributed by atoms with Crippen LogP contribution in [0, 0.1) is 5.92 Å². The molecule has 5 atom stereocenters. The molecule has 3 heterocycles. The molecule has 3 aliphatic rings. The Morgan fingerprint density at radius 1 is 1.11 bits per heavy atom. The van der Waals surface area contributed by atoms with Crippen LogP contribution >= 0.6 is 0 Å². The van der Waals surface area contributed by atoms with Gasteiger partial charge in [-0.25, -0.2) is 0 Å². The van der Waals surface area contributed by atoms with Crippen molar-refractivity contribution in [1.29, 1.82) is 0 Å². The van der Waals surface area contributed by atoms with Crippen molar-refractivity contribution in [1.82, 2.24) is 4.90 Å². The molecule has 47 heavy (non-hydrogen) atoms. The molecule has 248 valence electrons. The molecule has 2 N–H and O–H groups in total. The quantitative estimate of drug-likeness (QED) is 0.227. The number of methoxy groups -OCH3 is 1. The zero-order valence-electron chi connectivity index (χ0n) is 27.2. The molecule has 0 unspecified atom stereocenters. The highest BCUT2D eigenvalue weighted by Gasteiger charge is 2.67. The maximum Gasteiger partial charge on any atom is 0.264 e. The van der Waals surface area contributed by atoms with Gasteiger partial charge in [0.25, 0.3) is 11.8 Å². The van der Waals surface area contributed by atoms with Gasteiger partial charge in [0.15, 0.2) is 5.60 Å². The number of benzene rings is 3. The zero-order chi connectivity index (χ0) is 33.5. The third kappa shape index (κ3) is 5.96. The molecule has 0 aliphatic carbocycles. The Balaban J connectivity index is 1.30. The number of aliphatic hydroxyl groups is 1. The summed E-state index contributed by atoms with van der Waals surface area (Å²) in [5, 5.41) is 12.7. The maximum atomic E-state index is 16.2. The Kier molecular flexibility index (Phi) is 8.99. The SMILES string of the molecule is COc1ccc2c(c1)[C@]1(O[C@@H](CC(=O)N3CCC[C@H]3CO)[C@H]([Si](C)(C)F)[C@H]1C)C(=O)N2Cc1ccc(NC(=O)c2ccccc2)cc1. The van der Waals surface area contributed by atoms with Gasteiger partial charge in [0, 0.05) is 34.8 Å². The number of amides is 3. The highest BCUT2D eigenvalue weighted by atomic mass is 28.4. The van der Waals surface area contributed by atoms with Gasteiger partial charge < -0.3 is 33.8 Å². The van der Waals surface area contributed by atoms with Gasteiger partial charge in [0.1, 0.15) is 5.75 Å². The number of fused-ring (bicyclic) bond motifs is 2. The van der Waals surface area contributed by atoms with Gasteiger partial charge in [0.2, 0.25) is 14.3 Å². The Bertz CT molecular complexity index is 1650. The van der Waals surface area contributed by atoms with Crippen LogP contribution in [0.4, 0.5) is 15.5 Å². The molecule has 6 rings (SSSR count). The number of carbonyl (C=O) groups excluding carboxylic acids is 3. The molecule has 3 aromatic carbocycles. The third-order valence-electron chi connectivity index (χ3n) is 10.0. The minimum Gasteiger partial charge on any atom is -0.497 e. The monoisotopic (exact) mass is 659 g/mol. The van der Waals surface area contributed by atoms with Crippen molar-refractivity contribution in [3.63, 3.8) is 0 Å². The molecule has 3 aliphatic heterocycles. The first-order valence-electron chi connectivity index (χ1n) is 16.2. The summed E-state index contributed by atoms with van der Waals surface area (Å²) in [6.45, 7) is 5.74. The van der Waals surface area contributed by atoms with Crippen molar-refractivity contribution in [3.05, 3.63) is 89.5 Å². The number of ether oxygens (including phenoxy) is 2. The molecule has 3 amide bonds. The van der Waals surface area contributed by atoms with Crippen molar-refractivity contribution in [2.24, 2.45) is 5.92 Å². The van der Waals surface area contributed by atoms with Crippen LogP contribution in [0.2, 0.25) is 18.6 Å². The highest BCUT2D eigenvalue weighted by molar-refractivity contribution is 6.72. The Labute approximate surface area is 275 Å². The van der Waals surface area contributed by atoms with Crippen molar-refractivity contribution < 1.29 is 33.1 Å². The van der Waals surface area contributed by atoms with Crippen LogP contribution in [0.3, 0.4) is 0 Å². The van der Waals surface area contributed by atoms with Gasteiger partial charge in [-0.15, -0.1) is 0 Å². The molecule has 1 spiro atoms. The number of nitrogens with one attached hydrogen (secondary N) is 1. The fourth-order valence-electron chi connectivity index (χ4n) is 7.82. The number of rotatable bonds is 9. The Morgan fingerprint density at radius 3 is 2.49 bits per heavy atom. The average molecular weight is 660 g/mol.